The number of amides is 1. The summed E-state index contributed by atoms with van der Waals surface area (Å²) < 4.78 is 0. The van der Waals surface area contributed by atoms with Gasteiger partial charge in [-0.2, -0.15) is 5.26 Å². The average Bonchev–Trinajstić information content (AvgIpc) is 2.42. The zero-order chi connectivity index (χ0) is 13.8. The minimum atomic E-state index is -0.409. The van der Waals surface area contributed by atoms with Gasteiger partial charge in [-0.15, -0.1) is 0 Å². The summed E-state index contributed by atoms with van der Waals surface area (Å²) in [7, 11) is 0. The van der Waals surface area contributed by atoms with Crippen LogP contribution in [0, 0.1) is 11.3 Å². The lowest BCUT2D eigenvalue weighted by Crippen LogP contribution is -2.13. The van der Waals surface area contributed by atoms with Crippen LogP contribution >= 0.6 is 23.2 Å². The molecule has 19 heavy (non-hydrogen) atoms. The van der Waals surface area contributed by atoms with Crippen LogP contribution < -0.4 is 5.32 Å². The molecule has 0 saturated heterocycles. The van der Waals surface area contributed by atoms with Gasteiger partial charge in [-0.05, 0) is 30.3 Å². The van der Waals surface area contributed by atoms with Crippen molar-refractivity contribution < 1.29 is 4.79 Å². The molecule has 94 valence electrons. The summed E-state index contributed by atoms with van der Waals surface area (Å²) in [5.41, 5.74) is 1.04. The van der Waals surface area contributed by atoms with E-state index in [9.17, 15) is 4.79 Å². The molecule has 6 heteroatoms. The van der Waals surface area contributed by atoms with Crippen LogP contribution in [0.5, 0.6) is 0 Å². The number of hydrogen-bond donors (Lipinski definition) is 1. The Morgan fingerprint density at radius 2 is 2.05 bits per heavy atom. The monoisotopic (exact) mass is 291 g/mol. The third-order valence-electron chi connectivity index (χ3n) is 2.30. The number of pyridine rings is 1. The summed E-state index contributed by atoms with van der Waals surface area (Å²) >= 11 is 11.7. The molecule has 1 aromatic heterocycles. The van der Waals surface area contributed by atoms with E-state index in [0.29, 0.717) is 21.3 Å². The highest BCUT2D eigenvalue weighted by Gasteiger charge is 2.10. The van der Waals surface area contributed by atoms with Crippen LogP contribution in [0.25, 0.3) is 0 Å². The first-order valence-corrected chi connectivity index (χ1v) is 5.98. The van der Waals surface area contributed by atoms with Gasteiger partial charge in [0.05, 0.1) is 16.3 Å². The van der Waals surface area contributed by atoms with Crippen LogP contribution in [0.15, 0.2) is 36.5 Å². The van der Waals surface area contributed by atoms with Gasteiger partial charge in [0.2, 0.25) is 0 Å². The third-order valence-corrected chi connectivity index (χ3v) is 2.85. The van der Waals surface area contributed by atoms with Crippen molar-refractivity contribution >= 4 is 34.8 Å². The first kappa shape index (κ1) is 13.3. The average molecular weight is 292 g/mol. The van der Waals surface area contributed by atoms with Gasteiger partial charge in [0.25, 0.3) is 5.91 Å². The lowest BCUT2D eigenvalue weighted by molar-refractivity contribution is 0.102. The Labute approximate surface area is 119 Å². The standard InChI is InChI=1S/C13H7Cl2N3O/c14-9-2-4-11(10(15)5-9)18-13(19)12-3-1-8(6-16)7-17-12/h1-5,7H,(H,18,19). The molecular weight excluding hydrogens is 285 g/mol. The minimum absolute atomic E-state index is 0.199. The Kier molecular flexibility index (Phi) is 4.00. The molecule has 1 amide bonds. The molecule has 0 aliphatic carbocycles. The second-order valence-corrected chi connectivity index (χ2v) is 4.47. The molecule has 4 nitrogen and oxygen atoms in total. The van der Waals surface area contributed by atoms with E-state index in [0.717, 1.165) is 0 Å². The molecule has 0 fully saturated rings. The predicted molar refractivity (Wildman–Crippen MR) is 73.4 cm³/mol. The Morgan fingerprint density at radius 3 is 2.63 bits per heavy atom. The van der Waals surface area contributed by atoms with Gasteiger partial charge < -0.3 is 5.32 Å². The summed E-state index contributed by atoms with van der Waals surface area (Å²) in [6.45, 7) is 0. The molecular formula is C13H7Cl2N3O. The molecule has 0 spiro atoms. The lowest BCUT2D eigenvalue weighted by atomic mass is 10.2. The molecule has 0 aliphatic rings. The fourth-order valence-corrected chi connectivity index (χ4v) is 1.83. The molecule has 1 aromatic carbocycles. The Hall–Kier alpha value is -2.09. The van der Waals surface area contributed by atoms with Crippen molar-refractivity contribution in [2.24, 2.45) is 0 Å². The summed E-state index contributed by atoms with van der Waals surface area (Å²) in [6, 6.07) is 9.67. The van der Waals surface area contributed by atoms with Crippen molar-refractivity contribution in [1.82, 2.24) is 4.98 Å². The first-order valence-electron chi connectivity index (χ1n) is 5.22. The summed E-state index contributed by atoms with van der Waals surface area (Å²) in [6.07, 6.45) is 1.33. The highest BCUT2D eigenvalue weighted by Crippen LogP contribution is 2.25. The highest BCUT2D eigenvalue weighted by molar-refractivity contribution is 6.36. The molecule has 0 atom stereocenters. The molecule has 0 unspecified atom stereocenters. The SMILES string of the molecule is N#Cc1ccc(C(=O)Nc2ccc(Cl)cc2Cl)nc1. The summed E-state index contributed by atoms with van der Waals surface area (Å²) in [4.78, 5) is 15.8. The Morgan fingerprint density at radius 1 is 1.26 bits per heavy atom. The molecule has 1 N–H and O–H groups in total. The van der Waals surface area contributed by atoms with Crippen molar-refractivity contribution in [1.29, 1.82) is 5.26 Å². The van der Waals surface area contributed by atoms with Crippen molar-refractivity contribution in [2.75, 3.05) is 5.32 Å². The van der Waals surface area contributed by atoms with Crippen molar-refractivity contribution in [2.45, 2.75) is 0 Å². The van der Waals surface area contributed by atoms with Gasteiger partial charge >= 0.3 is 0 Å². The molecule has 2 aromatic rings. The molecule has 0 radical (unpaired) electrons. The zero-order valence-electron chi connectivity index (χ0n) is 9.52. The van der Waals surface area contributed by atoms with Crippen LogP contribution in [0.3, 0.4) is 0 Å². The van der Waals surface area contributed by atoms with Crippen molar-refractivity contribution in [3.8, 4) is 6.07 Å². The van der Waals surface area contributed by atoms with Crippen molar-refractivity contribution in [3.63, 3.8) is 0 Å². The smallest absolute Gasteiger partial charge is 0.274 e. The number of aromatic nitrogens is 1. The Balaban J connectivity index is 2.18. The minimum Gasteiger partial charge on any atom is -0.319 e. The van der Waals surface area contributed by atoms with Crippen LogP contribution in [-0.4, -0.2) is 10.9 Å². The lowest BCUT2D eigenvalue weighted by Gasteiger charge is -2.06. The summed E-state index contributed by atoms with van der Waals surface area (Å²) in [5.74, 6) is -0.409. The second kappa shape index (κ2) is 5.70. The van der Waals surface area contributed by atoms with Gasteiger partial charge in [-0.1, -0.05) is 23.2 Å². The largest absolute Gasteiger partial charge is 0.319 e. The zero-order valence-corrected chi connectivity index (χ0v) is 11.0. The van der Waals surface area contributed by atoms with E-state index >= 15 is 0 Å². The van der Waals surface area contributed by atoms with E-state index in [-0.39, 0.29) is 5.69 Å². The number of nitriles is 1. The van der Waals surface area contributed by atoms with Gasteiger partial charge in [0, 0.05) is 11.2 Å². The van der Waals surface area contributed by atoms with Crippen molar-refractivity contribution in [3.05, 3.63) is 57.8 Å². The maximum Gasteiger partial charge on any atom is 0.274 e. The predicted octanol–water partition coefficient (Wildman–Crippen LogP) is 3.51. The number of rotatable bonds is 2. The number of hydrogen-bond acceptors (Lipinski definition) is 3. The number of benzene rings is 1. The van der Waals surface area contributed by atoms with E-state index in [4.69, 9.17) is 28.5 Å². The van der Waals surface area contributed by atoms with E-state index in [1.807, 2.05) is 6.07 Å². The second-order valence-electron chi connectivity index (χ2n) is 3.62. The van der Waals surface area contributed by atoms with E-state index in [1.54, 1.807) is 12.1 Å². The fraction of sp³-hybridized carbons (Fsp3) is 0. The molecule has 1 heterocycles. The number of carbonyl (C=O) groups is 1. The van der Waals surface area contributed by atoms with Crippen LogP contribution in [0.4, 0.5) is 5.69 Å². The van der Waals surface area contributed by atoms with Crippen LogP contribution in [0.2, 0.25) is 10.0 Å². The molecule has 2 rings (SSSR count). The first-order chi connectivity index (χ1) is 9.10. The van der Waals surface area contributed by atoms with Gasteiger partial charge in [-0.3, -0.25) is 4.79 Å². The van der Waals surface area contributed by atoms with Gasteiger partial charge in [0.15, 0.2) is 0 Å². The van der Waals surface area contributed by atoms with Gasteiger partial charge in [-0.25, -0.2) is 4.98 Å². The van der Waals surface area contributed by atoms with E-state index in [1.165, 1.54) is 24.4 Å². The highest BCUT2D eigenvalue weighted by atomic mass is 35.5. The molecule has 0 bridgehead atoms. The maximum atomic E-state index is 11.9. The number of halogens is 2. The maximum absolute atomic E-state index is 11.9. The molecule has 0 aliphatic heterocycles. The number of anilines is 1. The van der Waals surface area contributed by atoms with E-state index < -0.39 is 5.91 Å². The summed E-state index contributed by atoms with van der Waals surface area (Å²) in [5, 5.41) is 12.1. The normalized spacial score (nSPS) is 9.74. The molecule has 0 saturated carbocycles. The topological polar surface area (TPSA) is 65.8 Å². The van der Waals surface area contributed by atoms with Crippen LogP contribution in [0.1, 0.15) is 16.1 Å². The number of carbonyl (C=O) groups excluding carboxylic acids is 1. The number of nitrogens with zero attached hydrogens (tertiary/aromatic N) is 2. The van der Waals surface area contributed by atoms with Gasteiger partial charge in [0.1, 0.15) is 11.8 Å². The Bertz CT molecular complexity index is 663. The fourth-order valence-electron chi connectivity index (χ4n) is 1.37. The van der Waals surface area contributed by atoms with Crippen LogP contribution in [-0.2, 0) is 0 Å². The quantitative estimate of drug-likeness (QED) is 0.921. The number of nitrogens with one attached hydrogen (secondary N) is 1. The van der Waals surface area contributed by atoms with E-state index in [2.05, 4.69) is 10.3 Å². The third kappa shape index (κ3) is 3.22.